The number of ether oxygens (including phenoxy) is 1. The van der Waals surface area contributed by atoms with Crippen molar-refractivity contribution in [3.05, 3.63) is 67.6 Å². The summed E-state index contributed by atoms with van der Waals surface area (Å²) in [5.74, 6) is 0. The van der Waals surface area contributed by atoms with Crippen LogP contribution in [0.15, 0.2) is 36.4 Å². The Hall–Kier alpha value is -1.33. The Labute approximate surface area is 302 Å². The minimum absolute atomic E-state index is 0.354. The first-order valence-corrected chi connectivity index (χ1v) is 18.1. The molecule has 47 heavy (non-hydrogen) atoms. The minimum Gasteiger partial charge on any atom is -0.444 e. The van der Waals surface area contributed by atoms with Crippen molar-refractivity contribution in [1.29, 1.82) is 0 Å². The Morgan fingerprint density at radius 1 is 0.787 bits per heavy atom. The zero-order valence-corrected chi connectivity index (χ0v) is 31.7. The Balaban J connectivity index is 0.000000267. The van der Waals surface area contributed by atoms with E-state index in [-0.39, 0.29) is 6.09 Å². The Kier molecular flexibility index (Phi) is 16.9. The van der Waals surface area contributed by atoms with Gasteiger partial charge in [0.05, 0.1) is 20.1 Å². The molecule has 4 rings (SSSR count). The maximum atomic E-state index is 11.7. The summed E-state index contributed by atoms with van der Waals surface area (Å²) in [5.41, 5.74) is 7.58. The van der Waals surface area contributed by atoms with Gasteiger partial charge < -0.3 is 25.6 Å². The molecule has 2 aliphatic rings. The minimum atomic E-state index is -0.461. The van der Waals surface area contributed by atoms with Crippen molar-refractivity contribution in [2.45, 2.75) is 77.2 Å². The predicted molar refractivity (Wildman–Crippen MR) is 198 cm³/mol. The van der Waals surface area contributed by atoms with Gasteiger partial charge in [-0.1, -0.05) is 58.5 Å². The lowest BCUT2D eigenvalue weighted by Gasteiger charge is -2.36. The van der Waals surface area contributed by atoms with Gasteiger partial charge in [-0.3, -0.25) is 9.80 Å². The van der Waals surface area contributed by atoms with Crippen molar-refractivity contribution in [2.24, 2.45) is 5.73 Å². The zero-order valence-electron chi connectivity index (χ0n) is 28.7. The summed E-state index contributed by atoms with van der Waals surface area (Å²) in [7, 11) is 4.29. The van der Waals surface area contributed by atoms with E-state index in [0.29, 0.717) is 38.7 Å². The second-order valence-electron chi connectivity index (χ2n) is 13.7. The molecule has 0 bridgehead atoms. The van der Waals surface area contributed by atoms with Crippen LogP contribution in [0.2, 0.25) is 20.1 Å². The highest BCUT2D eigenvalue weighted by Gasteiger charge is 2.24. The van der Waals surface area contributed by atoms with Gasteiger partial charge in [-0.2, -0.15) is 0 Å². The van der Waals surface area contributed by atoms with Crippen molar-refractivity contribution in [3.63, 3.8) is 0 Å². The van der Waals surface area contributed by atoms with Crippen LogP contribution in [0.5, 0.6) is 0 Å². The molecule has 264 valence electrons. The molecule has 2 fully saturated rings. The second kappa shape index (κ2) is 19.8. The van der Waals surface area contributed by atoms with E-state index >= 15 is 0 Å². The molecule has 12 heteroatoms. The van der Waals surface area contributed by atoms with Crippen molar-refractivity contribution in [3.8, 4) is 0 Å². The summed E-state index contributed by atoms with van der Waals surface area (Å²) in [6, 6.07) is 13.0. The fourth-order valence-electron chi connectivity index (χ4n) is 6.05. The number of rotatable bonds is 11. The molecule has 2 aliphatic heterocycles. The lowest BCUT2D eigenvalue weighted by Crippen LogP contribution is -2.45. The summed E-state index contributed by atoms with van der Waals surface area (Å²) >= 11 is 24.1. The van der Waals surface area contributed by atoms with Crippen LogP contribution in [0.25, 0.3) is 0 Å². The third-order valence-corrected chi connectivity index (χ3v) is 10.2. The maximum absolute atomic E-state index is 11.7. The predicted octanol–water partition coefficient (Wildman–Crippen LogP) is 7.26. The van der Waals surface area contributed by atoms with E-state index in [9.17, 15) is 4.79 Å². The average molecular weight is 733 g/mol. The van der Waals surface area contributed by atoms with Crippen molar-refractivity contribution >= 4 is 52.5 Å². The molecule has 0 spiro atoms. The summed E-state index contributed by atoms with van der Waals surface area (Å²) in [4.78, 5) is 21.3. The molecule has 8 nitrogen and oxygen atoms in total. The van der Waals surface area contributed by atoms with Crippen LogP contribution in [0.4, 0.5) is 4.79 Å². The number of piperidine rings is 2. The Morgan fingerprint density at radius 3 is 1.60 bits per heavy atom. The number of likely N-dealkylation sites (tertiary alicyclic amines) is 2. The SMILES string of the molecule is CN(CCN)C1CCN(Cc2ccc(Cl)c(Cl)c2)CC1.CN(CCNC(=O)OC(C)(C)C)C1CCN(Cc2ccc(Cl)c(Cl)c2)CC1. The first-order valence-electron chi connectivity index (χ1n) is 16.6. The largest absolute Gasteiger partial charge is 0.444 e. The fourth-order valence-corrected chi connectivity index (χ4v) is 6.69. The van der Waals surface area contributed by atoms with Gasteiger partial charge in [-0.15, -0.1) is 0 Å². The first-order chi connectivity index (χ1) is 22.2. The third-order valence-electron chi connectivity index (χ3n) is 8.76. The van der Waals surface area contributed by atoms with Gasteiger partial charge in [0.15, 0.2) is 0 Å². The van der Waals surface area contributed by atoms with Crippen molar-refractivity contribution in [1.82, 2.24) is 24.9 Å². The number of nitrogens with one attached hydrogen (secondary N) is 1. The van der Waals surface area contributed by atoms with Crippen LogP contribution in [0, 0.1) is 0 Å². The number of carbonyl (C=O) groups excluding carboxylic acids is 1. The summed E-state index contributed by atoms with van der Waals surface area (Å²) in [5, 5.41) is 5.30. The number of nitrogens with two attached hydrogens (primary N) is 1. The molecule has 0 aromatic heterocycles. The first kappa shape index (κ1) is 40.1. The smallest absolute Gasteiger partial charge is 0.407 e. The number of halogens is 4. The summed E-state index contributed by atoms with van der Waals surface area (Å²) in [6.45, 7) is 14.9. The van der Waals surface area contributed by atoms with Gasteiger partial charge in [-0.05, 0) is 122 Å². The van der Waals surface area contributed by atoms with Crippen LogP contribution < -0.4 is 11.1 Å². The van der Waals surface area contributed by atoms with E-state index in [2.05, 4.69) is 45.1 Å². The molecule has 3 N–H and O–H groups in total. The van der Waals surface area contributed by atoms with Crippen LogP contribution in [-0.2, 0) is 17.8 Å². The van der Waals surface area contributed by atoms with Crippen LogP contribution in [-0.4, -0.2) is 110 Å². The van der Waals surface area contributed by atoms with Crippen molar-refractivity contribution in [2.75, 3.05) is 66.5 Å². The standard InChI is InChI=1S/C20H31Cl2N3O2.C15H23Cl2N3/c1-20(2,3)27-19(26)23-9-12-24(4)16-7-10-25(11-8-16)14-15-5-6-17(21)18(22)13-15;1-19(9-6-18)13-4-7-20(8-5-13)11-12-2-3-14(16)15(17)10-12/h5-6,13,16H,7-12,14H2,1-4H3,(H,23,26);2-3,10,13H,4-9,11,18H2,1H3. The number of benzene rings is 2. The van der Waals surface area contributed by atoms with E-state index in [4.69, 9.17) is 56.9 Å². The van der Waals surface area contributed by atoms with Gasteiger partial charge in [0.2, 0.25) is 0 Å². The van der Waals surface area contributed by atoms with E-state index in [1.54, 1.807) is 0 Å². The summed E-state index contributed by atoms with van der Waals surface area (Å²) in [6.07, 6.45) is 4.29. The normalized spacial score (nSPS) is 17.1. The molecule has 1 amide bonds. The molecular weight excluding hydrogens is 678 g/mol. The van der Waals surface area contributed by atoms with E-state index < -0.39 is 5.60 Å². The highest BCUT2D eigenvalue weighted by atomic mass is 35.5. The molecule has 0 radical (unpaired) electrons. The summed E-state index contributed by atoms with van der Waals surface area (Å²) < 4.78 is 5.26. The zero-order chi connectivity index (χ0) is 34.6. The van der Waals surface area contributed by atoms with Crippen LogP contribution >= 0.6 is 46.4 Å². The van der Waals surface area contributed by atoms with E-state index in [1.165, 1.54) is 24.0 Å². The molecule has 0 aliphatic carbocycles. The highest BCUT2D eigenvalue weighted by molar-refractivity contribution is 6.42. The van der Waals surface area contributed by atoms with Crippen LogP contribution in [0.1, 0.15) is 57.6 Å². The quantitative estimate of drug-likeness (QED) is 0.252. The lowest BCUT2D eigenvalue weighted by atomic mass is 10.0. The third kappa shape index (κ3) is 14.6. The molecule has 0 atom stereocenters. The van der Waals surface area contributed by atoms with E-state index in [1.807, 2.05) is 51.1 Å². The lowest BCUT2D eigenvalue weighted by molar-refractivity contribution is 0.0516. The molecule has 0 unspecified atom stereocenters. The van der Waals surface area contributed by atoms with Gasteiger partial charge in [-0.25, -0.2) is 4.79 Å². The molecule has 2 aromatic carbocycles. The number of hydrogen-bond donors (Lipinski definition) is 2. The molecule has 2 saturated heterocycles. The Bertz CT molecular complexity index is 1250. The molecule has 2 aromatic rings. The van der Waals surface area contributed by atoms with Gasteiger partial charge >= 0.3 is 6.09 Å². The van der Waals surface area contributed by atoms with Gasteiger partial charge in [0.1, 0.15) is 5.60 Å². The maximum Gasteiger partial charge on any atom is 0.407 e. The van der Waals surface area contributed by atoms with Crippen molar-refractivity contribution < 1.29 is 9.53 Å². The monoisotopic (exact) mass is 730 g/mol. The van der Waals surface area contributed by atoms with Crippen LogP contribution in [0.3, 0.4) is 0 Å². The number of hydrogen-bond acceptors (Lipinski definition) is 7. The second-order valence-corrected chi connectivity index (χ2v) is 15.3. The number of carbonyl (C=O) groups is 1. The average Bonchev–Trinajstić information content (AvgIpc) is 3.01. The Morgan fingerprint density at radius 2 is 1.21 bits per heavy atom. The fraction of sp³-hybridized carbons (Fsp3) is 0.629. The number of likely N-dealkylation sites (N-methyl/N-ethyl adjacent to an activating group) is 2. The van der Waals surface area contributed by atoms with Gasteiger partial charge in [0, 0.05) is 51.4 Å². The van der Waals surface area contributed by atoms with E-state index in [0.717, 1.165) is 71.7 Å². The molecule has 2 heterocycles. The molecular formula is C35H54Cl4N6O2. The topological polar surface area (TPSA) is 77.3 Å². The highest BCUT2D eigenvalue weighted by Crippen LogP contribution is 2.26. The van der Waals surface area contributed by atoms with Gasteiger partial charge in [0.25, 0.3) is 0 Å². The number of alkyl carbamates (subject to hydrolysis) is 1. The molecule has 0 saturated carbocycles. The number of amides is 1. The number of nitrogens with zero attached hydrogens (tertiary/aromatic N) is 4.